The minimum absolute atomic E-state index is 0.0209. The molecule has 1 fully saturated rings. The van der Waals surface area contributed by atoms with Gasteiger partial charge in [0, 0.05) is 37.1 Å². The van der Waals surface area contributed by atoms with E-state index in [-0.39, 0.29) is 34.7 Å². The Morgan fingerprint density at radius 2 is 1.97 bits per heavy atom. The molecule has 2 aromatic rings. The second-order valence-corrected chi connectivity index (χ2v) is 10.6. The van der Waals surface area contributed by atoms with Gasteiger partial charge in [0.15, 0.2) is 0 Å². The molecule has 12 heteroatoms. The summed E-state index contributed by atoms with van der Waals surface area (Å²) in [7, 11) is -4.11. The fraction of sp³-hybridized carbons (Fsp3) is 0.500. The zero-order valence-electron chi connectivity index (χ0n) is 17.9. The Morgan fingerprint density at radius 1 is 1.28 bits per heavy atom. The van der Waals surface area contributed by atoms with Crippen LogP contribution >= 0.6 is 23.2 Å². The van der Waals surface area contributed by atoms with Crippen molar-refractivity contribution in [1.82, 2.24) is 19.2 Å². The zero-order valence-corrected chi connectivity index (χ0v) is 20.2. The fourth-order valence-electron chi connectivity index (χ4n) is 3.64. The number of sulfonamides is 1. The van der Waals surface area contributed by atoms with Gasteiger partial charge >= 0.3 is 0 Å². The van der Waals surface area contributed by atoms with Crippen LogP contribution in [-0.2, 0) is 21.4 Å². The maximum atomic E-state index is 13.3. The van der Waals surface area contributed by atoms with Gasteiger partial charge in [0.25, 0.3) is 0 Å². The van der Waals surface area contributed by atoms with E-state index >= 15 is 0 Å². The van der Waals surface area contributed by atoms with E-state index in [0.29, 0.717) is 29.6 Å². The van der Waals surface area contributed by atoms with E-state index in [1.54, 1.807) is 22.6 Å². The number of carbonyl (C=O) groups excluding carboxylic acids is 1. The fourth-order valence-corrected chi connectivity index (χ4v) is 5.70. The van der Waals surface area contributed by atoms with Crippen molar-refractivity contribution in [3.05, 3.63) is 40.1 Å². The largest absolute Gasteiger partial charge is 0.341 e. The summed E-state index contributed by atoms with van der Waals surface area (Å²) >= 11 is 12.2. The van der Waals surface area contributed by atoms with Gasteiger partial charge in [-0.05, 0) is 49.8 Å². The summed E-state index contributed by atoms with van der Waals surface area (Å²) in [5.41, 5.74) is 2.53. The summed E-state index contributed by atoms with van der Waals surface area (Å²) in [5.74, 6) is 0.428. The summed E-state index contributed by atoms with van der Waals surface area (Å²) in [5, 5.41) is 9.51. The lowest BCUT2D eigenvalue weighted by Gasteiger charge is -2.33. The molecule has 1 saturated heterocycles. The van der Waals surface area contributed by atoms with E-state index < -0.39 is 16.1 Å². The van der Waals surface area contributed by atoms with Gasteiger partial charge < -0.3 is 9.47 Å². The lowest BCUT2D eigenvalue weighted by molar-refractivity contribution is -0.134. The van der Waals surface area contributed by atoms with Crippen molar-refractivity contribution in [2.45, 2.75) is 50.6 Å². The molecule has 0 bridgehead atoms. The van der Waals surface area contributed by atoms with Crippen LogP contribution in [0.3, 0.4) is 0 Å². The molecule has 176 valence electrons. The first-order valence-corrected chi connectivity index (χ1v) is 12.5. The van der Waals surface area contributed by atoms with E-state index in [1.807, 2.05) is 5.48 Å². The summed E-state index contributed by atoms with van der Waals surface area (Å²) in [6.07, 6.45) is 5.00. The Morgan fingerprint density at radius 3 is 2.62 bits per heavy atom. The number of imidazole rings is 1. The Kier molecular flexibility index (Phi) is 8.05. The van der Waals surface area contributed by atoms with E-state index in [1.165, 1.54) is 18.3 Å². The monoisotopic (exact) mass is 503 g/mol. The molecule has 3 rings (SSSR count). The highest BCUT2D eigenvalue weighted by atomic mass is 35.5. The van der Waals surface area contributed by atoms with Gasteiger partial charge in [0.1, 0.15) is 10.9 Å². The summed E-state index contributed by atoms with van der Waals surface area (Å²) in [6, 6.07) is 1.75. The predicted octanol–water partition coefficient (Wildman–Crippen LogP) is 3.30. The molecular weight excluding hydrogens is 477 g/mol. The third kappa shape index (κ3) is 5.74. The molecule has 2 heterocycles. The molecule has 1 aliphatic rings. The molecule has 1 amide bonds. The average molecular weight is 504 g/mol. The minimum atomic E-state index is -4.11. The molecule has 1 aromatic heterocycles. The van der Waals surface area contributed by atoms with Gasteiger partial charge in [-0.15, -0.1) is 0 Å². The SMILES string of the molecule is Cc1cc(S(=O)(=O)NC(CCn2ccnc2NO)C(=O)N2CCC(C)CC2)c(Cl)cc1Cl. The van der Waals surface area contributed by atoms with E-state index in [9.17, 15) is 18.4 Å². The van der Waals surface area contributed by atoms with Crippen molar-refractivity contribution in [1.29, 1.82) is 0 Å². The van der Waals surface area contributed by atoms with Crippen molar-refractivity contribution in [3.63, 3.8) is 0 Å². The minimum Gasteiger partial charge on any atom is -0.341 e. The number of likely N-dealkylation sites (tertiary alicyclic amines) is 1. The first kappa shape index (κ1) is 24.8. The summed E-state index contributed by atoms with van der Waals surface area (Å²) < 4.78 is 30.5. The number of aryl methyl sites for hydroxylation is 2. The normalized spacial score (nSPS) is 16.2. The highest BCUT2D eigenvalue weighted by Crippen LogP contribution is 2.28. The van der Waals surface area contributed by atoms with Crippen LogP contribution in [0, 0.1) is 12.8 Å². The molecular formula is C20H27Cl2N5O4S. The molecule has 1 atom stereocenters. The van der Waals surface area contributed by atoms with Crippen LogP contribution in [0.15, 0.2) is 29.4 Å². The number of nitrogens with zero attached hydrogens (tertiary/aromatic N) is 3. The van der Waals surface area contributed by atoms with E-state index in [2.05, 4.69) is 16.6 Å². The second-order valence-electron chi connectivity index (χ2n) is 8.06. The Bertz CT molecular complexity index is 1070. The number of rotatable bonds is 8. The van der Waals surface area contributed by atoms with Gasteiger partial charge in [-0.1, -0.05) is 30.1 Å². The number of benzene rings is 1. The molecule has 9 nitrogen and oxygen atoms in total. The number of hydrogen-bond donors (Lipinski definition) is 3. The van der Waals surface area contributed by atoms with Crippen LogP contribution in [0.4, 0.5) is 5.95 Å². The van der Waals surface area contributed by atoms with Gasteiger partial charge in [-0.25, -0.2) is 18.9 Å². The van der Waals surface area contributed by atoms with Crippen LogP contribution < -0.4 is 10.2 Å². The van der Waals surface area contributed by atoms with Crippen molar-refractivity contribution in [2.24, 2.45) is 5.92 Å². The van der Waals surface area contributed by atoms with Crippen LogP contribution in [0.25, 0.3) is 0 Å². The lowest BCUT2D eigenvalue weighted by atomic mass is 9.98. The number of anilines is 1. The van der Waals surface area contributed by atoms with Crippen LogP contribution in [0.2, 0.25) is 10.0 Å². The Balaban J connectivity index is 1.85. The third-order valence-corrected chi connectivity index (χ3v) is 8.01. The predicted molar refractivity (Wildman–Crippen MR) is 123 cm³/mol. The number of halogens is 2. The van der Waals surface area contributed by atoms with Gasteiger partial charge in [0.05, 0.1) is 5.02 Å². The molecule has 1 unspecified atom stereocenters. The molecule has 1 aromatic carbocycles. The number of nitrogens with one attached hydrogen (secondary N) is 2. The summed E-state index contributed by atoms with van der Waals surface area (Å²) in [4.78, 5) is 18.8. The van der Waals surface area contributed by atoms with Gasteiger partial charge in [-0.2, -0.15) is 4.72 Å². The van der Waals surface area contributed by atoms with Crippen molar-refractivity contribution in [3.8, 4) is 0 Å². The second kappa shape index (κ2) is 10.4. The highest BCUT2D eigenvalue weighted by Gasteiger charge is 2.32. The maximum absolute atomic E-state index is 13.3. The van der Waals surface area contributed by atoms with Crippen LogP contribution in [0.5, 0.6) is 0 Å². The topological polar surface area (TPSA) is 117 Å². The van der Waals surface area contributed by atoms with E-state index in [0.717, 1.165) is 12.8 Å². The molecule has 3 N–H and O–H groups in total. The average Bonchev–Trinajstić information content (AvgIpc) is 3.21. The van der Waals surface area contributed by atoms with Crippen LogP contribution in [0.1, 0.15) is 31.7 Å². The number of aromatic nitrogens is 2. The summed E-state index contributed by atoms with van der Waals surface area (Å²) in [6.45, 7) is 5.22. The van der Waals surface area contributed by atoms with Gasteiger partial charge in [-0.3, -0.25) is 10.0 Å². The number of carbonyl (C=O) groups is 1. The standard InChI is InChI=1S/C20H27Cl2N5O4S/c1-13-3-7-26(8-4-13)19(28)17(5-9-27-10-6-23-20(27)24-29)25-32(30,31)18-11-14(2)15(21)12-16(18)22/h6,10-13,17,25,29H,3-5,7-9H2,1-2H3,(H,23,24). The molecule has 0 aliphatic carbocycles. The smallest absolute Gasteiger partial charge is 0.242 e. The Labute approximate surface area is 197 Å². The molecule has 1 aliphatic heterocycles. The quantitative estimate of drug-likeness (QED) is 0.475. The number of piperidine rings is 1. The van der Waals surface area contributed by atoms with E-state index in [4.69, 9.17) is 23.2 Å². The number of amides is 1. The van der Waals surface area contributed by atoms with Gasteiger partial charge in [0.2, 0.25) is 21.9 Å². The first-order chi connectivity index (χ1) is 15.1. The first-order valence-electron chi connectivity index (χ1n) is 10.3. The van der Waals surface area contributed by atoms with Crippen LogP contribution in [-0.4, -0.2) is 53.1 Å². The Hall–Kier alpha value is -1.85. The third-order valence-electron chi connectivity index (χ3n) is 5.67. The number of hydrogen-bond acceptors (Lipinski definition) is 6. The molecule has 0 spiro atoms. The van der Waals surface area contributed by atoms with Crippen molar-refractivity contribution < 1.29 is 18.4 Å². The lowest BCUT2D eigenvalue weighted by Crippen LogP contribution is -2.51. The molecule has 32 heavy (non-hydrogen) atoms. The van der Waals surface area contributed by atoms with Crippen molar-refractivity contribution in [2.75, 3.05) is 18.6 Å². The molecule has 0 radical (unpaired) electrons. The molecule has 0 saturated carbocycles. The zero-order chi connectivity index (χ0) is 23.5. The maximum Gasteiger partial charge on any atom is 0.242 e. The van der Waals surface area contributed by atoms with Crippen molar-refractivity contribution >= 4 is 45.1 Å². The highest BCUT2D eigenvalue weighted by molar-refractivity contribution is 7.89.